The molecule has 2 aromatic carbocycles. The quantitative estimate of drug-likeness (QED) is 0.578. The molecule has 0 saturated carbocycles. The van der Waals surface area contributed by atoms with E-state index in [2.05, 4.69) is 10.6 Å². The first-order valence-electron chi connectivity index (χ1n) is 8.18. The Labute approximate surface area is 174 Å². The first-order valence-corrected chi connectivity index (χ1v) is 9.78. The first-order chi connectivity index (χ1) is 13.4. The minimum absolute atomic E-state index is 0.199. The number of thioether (sulfide) groups is 1. The molecular weight excluding hydrogens is 418 g/mol. The lowest BCUT2D eigenvalue weighted by Crippen LogP contribution is -2.35. The van der Waals surface area contributed by atoms with E-state index in [1.54, 1.807) is 48.5 Å². The average Bonchev–Trinajstić information content (AvgIpc) is 3.11. The van der Waals surface area contributed by atoms with Gasteiger partial charge in [-0.25, -0.2) is 0 Å². The average molecular weight is 430 g/mol. The monoisotopic (exact) mass is 429 g/mol. The minimum Gasteiger partial charge on any atom is -0.324 e. The molecular formula is C19H12ClN3O3S2. The third kappa shape index (κ3) is 3.42. The van der Waals surface area contributed by atoms with E-state index in [-0.39, 0.29) is 22.9 Å². The van der Waals surface area contributed by atoms with E-state index >= 15 is 0 Å². The number of amides is 3. The van der Waals surface area contributed by atoms with Crippen LogP contribution in [0.25, 0.3) is 5.57 Å². The van der Waals surface area contributed by atoms with Crippen molar-refractivity contribution in [1.82, 2.24) is 5.32 Å². The zero-order valence-electron chi connectivity index (χ0n) is 14.2. The van der Waals surface area contributed by atoms with Crippen molar-refractivity contribution in [1.29, 1.82) is 0 Å². The lowest BCUT2D eigenvalue weighted by Gasteiger charge is -2.16. The highest BCUT2D eigenvalue weighted by atomic mass is 35.5. The summed E-state index contributed by atoms with van der Waals surface area (Å²) < 4.78 is 0.301. The number of nitrogens with zero attached hydrogens (tertiary/aromatic N) is 1. The normalized spacial score (nSPS) is 18.3. The summed E-state index contributed by atoms with van der Waals surface area (Å²) in [6, 6.07) is 13.8. The molecule has 0 aromatic heterocycles. The van der Waals surface area contributed by atoms with Gasteiger partial charge in [-0.1, -0.05) is 59.8 Å². The topological polar surface area (TPSA) is 78.5 Å². The molecule has 0 spiro atoms. The van der Waals surface area contributed by atoms with Crippen molar-refractivity contribution in [3.05, 3.63) is 64.0 Å². The Bertz CT molecular complexity index is 1080. The first kappa shape index (κ1) is 18.7. The van der Waals surface area contributed by atoms with Crippen LogP contribution < -0.4 is 15.5 Å². The standard InChI is InChI=1S/C19H12ClN3O3S2/c20-10-4-3-5-11(8-10)21-14(24)9-23-13-7-2-1-6-12(13)15(18(23)26)16-17(25)22-19(27)28-16/h1-8H,9H2,(H,21,24)(H,22,25,27). The Morgan fingerprint density at radius 1 is 1.18 bits per heavy atom. The second kappa shape index (κ2) is 7.38. The van der Waals surface area contributed by atoms with Gasteiger partial charge in [-0.15, -0.1) is 0 Å². The van der Waals surface area contributed by atoms with Crippen molar-refractivity contribution in [2.24, 2.45) is 0 Å². The molecule has 0 bridgehead atoms. The highest BCUT2D eigenvalue weighted by Crippen LogP contribution is 2.42. The molecule has 3 amide bonds. The van der Waals surface area contributed by atoms with Crippen molar-refractivity contribution in [2.75, 3.05) is 16.8 Å². The number of benzene rings is 2. The van der Waals surface area contributed by atoms with Crippen LogP contribution in [0.1, 0.15) is 5.56 Å². The molecule has 2 heterocycles. The zero-order valence-corrected chi connectivity index (χ0v) is 16.6. The van der Waals surface area contributed by atoms with Gasteiger partial charge in [-0.2, -0.15) is 0 Å². The van der Waals surface area contributed by atoms with Crippen molar-refractivity contribution in [3.8, 4) is 0 Å². The number of fused-ring (bicyclic) bond motifs is 1. The van der Waals surface area contributed by atoms with Crippen LogP contribution >= 0.6 is 35.6 Å². The van der Waals surface area contributed by atoms with E-state index in [1.807, 2.05) is 0 Å². The number of halogens is 1. The molecule has 1 fully saturated rings. The molecule has 0 unspecified atom stereocenters. The minimum atomic E-state index is -0.412. The van der Waals surface area contributed by atoms with Gasteiger partial charge in [0.1, 0.15) is 10.9 Å². The fourth-order valence-electron chi connectivity index (χ4n) is 3.05. The summed E-state index contributed by atoms with van der Waals surface area (Å²) in [4.78, 5) is 39.4. The molecule has 4 rings (SSSR count). The van der Waals surface area contributed by atoms with E-state index in [0.717, 1.165) is 11.8 Å². The second-order valence-electron chi connectivity index (χ2n) is 6.01. The van der Waals surface area contributed by atoms with Crippen LogP contribution in [-0.4, -0.2) is 28.6 Å². The number of carbonyl (C=O) groups excluding carboxylic acids is 3. The number of nitrogens with one attached hydrogen (secondary N) is 2. The van der Waals surface area contributed by atoms with Crippen molar-refractivity contribution in [3.63, 3.8) is 0 Å². The van der Waals surface area contributed by atoms with E-state index in [0.29, 0.717) is 26.3 Å². The van der Waals surface area contributed by atoms with Crippen LogP contribution in [0.15, 0.2) is 53.4 Å². The van der Waals surface area contributed by atoms with E-state index in [9.17, 15) is 14.4 Å². The van der Waals surface area contributed by atoms with Gasteiger partial charge in [0.2, 0.25) is 5.91 Å². The molecule has 0 atom stereocenters. The van der Waals surface area contributed by atoms with E-state index < -0.39 is 11.8 Å². The third-order valence-electron chi connectivity index (χ3n) is 4.18. The van der Waals surface area contributed by atoms with Gasteiger partial charge in [-0.3, -0.25) is 19.3 Å². The Morgan fingerprint density at radius 3 is 2.68 bits per heavy atom. The van der Waals surface area contributed by atoms with Crippen molar-refractivity contribution in [2.45, 2.75) is 0 Å². The molecule has 28 heavy (non-hydrogen) atoms. The summed E-state index contributed by atoms with van der Waals surface area (Å²) in [5.41, 5.74) is 1.97. The van der Waals surface area contributed by atoms with E-state index in [1.165, 1.54) is 4.90 Å². The smallest absolute Gasteiger partial charge is 0.264 e. The summed E-state index contributed by atoms with van der Waals surface area (Å²) in [6.07, 6.45) is 0. The fraction of sp³-hybridized carbons (Fsp3) is 0.0526. The highest BCUT2D eigenvalue weighted by Gasteiger charge is 2.39. The second-order valence-corrected chi connectivity index (χ2v) is 8.14. The van der Waals surface area contributed by atoms with Gasteiger partial charge >= 0.3 is 0 Å². The lowest BCUT2D eigenvalue weighted by molar-refractivity contribution is -0.118. The number of hydrogen-bond donors (Lipinski definition) is 2. The lowest BCUT2D eigenvalue weighted by atomic mass is 10.1. The van der Waals surface area contributed by atoms with Gasteiger partial charge in [0.15, 0.2) is 0 Å². The number of carbonyl (C=O) groups is 3. The van der Waals surface area contributed by atoms with Crippen LogP contribution in [0.2, 0.25) is 5.02 Å². The number of para-hydroxylation sites is 1. The Hall–Kier alpha value is -2.68. The third-order valence-corrected chi connectivity index (χ3v) is 5.65. The van der Waals surface area contributed by atoms with Crippen LogP contribution in [0.5, 0.6) is 0 Å². The fourth-order valence-corrected chi connectivity index (χ4v) is 4.35. The molecule has 2 N–H and O–H groups in total. The summed E-state index contributed by atoms with van der Waals surface area (Å²) in [5.74, 6) is -1.20. The number of anilines is 2. The molecule has 2 aliphatic heterocycles. The molecule has 140 valence electrons. The number of thiocarbonyl (C=S) groups is 1. The van der Waals surface area contributed by atoms with Crippen molar-refractivity contribution < 1.29 is 14.4 Å². The SMILES string of the molecule is O=C(CN1C(=O)C(=C2SC(=S)NC2=O)c2ccccc21)Nc1cccc(Cl)c1. The maximum atomic E-state index is 13.1. The predicted octanol–water partition coefficient (Wildman–Crippen LogP) is 3.18. The molecule has 6 nitrogen and oxygen atoms in total. The maximum Gasteiger partial charge on any atom is 0.264 e. The van der Waals surface area contributed by atoms with Crippen LogP contribution in [-0.2, 0) is 14.4 Å². The highest BCUT2D eigenvalue weighted by molar-refractivity contribution is 8.27. The Balaban J connectivity index is 1.64. The van der Waals surface area contributed by atoms with Crippen LogP contribution in [0.4, 0.5) is 11.4 Å². The van der Waals surface area contributed by atoms with Crippen LogP contribution in [0, 0.1) is 0 Å². The van der Waals surface area contributed by atoms with Crippen LogP contribution in [0.3, 0.4) is 0 Å². The molecule has 2 aliphatic rings. The molecule has 2 aromatic rings. The molecule has 0 radical (unpaired) electrons. The zero-order chi connectivity index (χ0) is 19.8. The van der Waals surface area contributed by atoms with Crippen molar-refractivity contribution >= 4 is 74.6 Å². The maximum absolute atomic E-state index is 13.1. The van der Waals surface area contributed by atoms with Gasteiger partial charge in [-0.05, 0) is 24.3 Å². The number of rotatable bonds is 3. The van der Waals surface area contributed by atoms with E-state index in [4.69, 9.17) is 23.8 Å². The summed E-state index contributed by atoms with van der Waals surface area (Å²) >= 11 is 12.0. The largest absolute Gasteiger partial charge is 0.324 e. The Morgan fingerprint density at radius 2 is 1.96 bits per heavy atom. The predicted molar refractivity (Wildman–Crippen MR) is 114 cm³/mol. The van der Waals surface area contributed by atoms with Gasteiger partial charge in [0.05, 0.1) is 16.2 Å². The van der Waals surface area contributed by atoms with Gasteiger partial charge < -0.3 is 10.6 Å². The number of hydrogen-bond acceptors (Lipinski definition) is 5. The van der Waals surface area contributed by atoms with Gasteiger partial charge in [0.25, 0.3) is 11.8 Å². The summed E-state index contributed by atoms with van der Waals surface area (Å²) in [7, 11) is 0. The summed E-state index contributed by atoms with van der Waals surface area (Å²) in [5, 5.41) is 5.74. The van der Waals surface area contributed by atoms with Gasteiger partial charge in [0, 0.05) is 16.3 Å². The summed E-state index contributed by atoms with van der Waals surface area (Å²) in [6.45, 7) is -0.199. The molecule has 1 saturated heterocycles. The molecule has 0 aliphatic carbocycles. The molecule has 9 heteroatoms. The Kier molecular flexibility index (Phi) is 4.92.